The van der Waals surface area contributed by atoms with Crippen LogP contribution in [-0.4, -0.2) is 37.2 Å². The van der Waals surface area contributed by atoms with Crippen LogP contribution in [0.4, 0.5) is 0 Å². The second-order valence-electron chi connectivity index (χ2n) is 19.5. The largest absolute Gasteiger partial charge is 0.462 e. The molecule has 0 aliphatic heterocycles. The molecule has 0 N–H and O–H groups in total. The van der Waals surface area contributed by atoms with E-state index in [2.05, 4.69) is 93.7 Å². The number of allylic oxidation sites excluding steroid dienone is 12. The van der Waals surface area contributed by atoms with Gasteiger partial charge in [0.25, 0.3) is 0 Å². The predicted octanol–water partition coefficient (Wildman–Crippen LogP) is 19.8. The van der Waals surface area contributed by atoms with E-state index >= 15 is 0 Å². The third-order valence-corrected chi connectivity index (χ3v) is 12.6. The van der Waals surface area contributed by atoms with Crippen molar-refractivity contribution in [2.75, 3.05) is 13.2 Å². The average Bonchev–Trinajstić information content (AvgIpc) is 3.35. The van der Waals surface area contributed by atoms with Crippen LogP contribution in [0.5, 0.6) is 0 Å². The fourth-order valence-electron chi connectivity index (χ4n) is 8.19. The molecule has 0 spiro atoms. The molecular formula is C63H110O6. The Hall–Kier alpha value is -3.15. The van der Waals surface area contributed by atoms with Gasteiger partial charge in [-0.1, -0.05) is 235 Å². The Morgan fingerprint density at radius 2 is 0.551 bits per heavy atom. The van der Waals surface area contributed by atoms with Crippen LogP contribution >= 0.6 is 0 Å². The van der Waals surface area contributed by atoms with Gasteiger partial charge in [0.05, 0.1) is 0 Å². The summed E-state index contributed by atoms with van der Waals surface area (Å²) in [5.74, 6) is -0.906. The maximum absolute atomic E-state index is 12.8. The topological polar surface area (TPSA) is 78.9 Å². The number of ether oxygens (including phenoxy) is 3. The van der Waals surface area contributed by atoms with Crippen LogP contribution < -0.4 is 0 Å². The van der Waals surface area contributed by atoms with E-state index in [-0.39, 0.29) is 31.1 Å². The number of unbranched alkanes of at least 4 members (excludes halogenated alkanes) is 30. The van der Waals surface area contributed by atoms with Gasteiger partial charge in [0.1, 0.15) is 13.2 Å². The third kappa shape index (κ3) is 55.6. The van der Waals surface area contributed by atoms with Crippen molar-refractivity contribution in [2.45, 2.75) is 297 Å². The van der Waals surface area contributed by atoms with E-state index in [9.17, 15) is 14.4 Å². The number of hydrogen-bond acceptors (Lipinski definition) is 6. The predicted molar refractivity (Wildman–Crippen MR) is 298 cm³/mol. The van der Waals surface area contributed by atoms with E-state index in [4.69, 9.17) is 14.2 Å². The van der Waals surface area contributed by atoms with E-state index in [0.29, 0.717) is 19.3 Å². The second-order valence-corrected chi connectivity index (χ2v) is 19.5. The van der Waals surface area contributed by atoms with Gasteiger partial charge in [-0.15, -0.1) is 0 Å². The molecule has 0 saturated carbocycles. The molecule has 0 amide bonds. The molecule has 0 aliphatic rings. The van der Waals surface area contributed by atoms with Crippen LogP contribution in [0.1, 0.15) is 290 Å². The minimum absolute atomic E-state index is 0.0853. The quantitative estimate of drug-likeness (QED) is 0.0262. The van der Waals surface area contributed by atoms with Crippen LogP contribution in [-0.2, 0) is 28.6 Å². The number of rotatable bonds is 53. The standard InChI is InChI=1S/C63H110O6/c1-4-7-10-13-16-19-22-25-26-27-28-29-30-31-32-33-34-35-36-39-41-44-47-50-53-56-62(65)68-59-60(69-63(66)57-54-51-48-45-42-38-24-21-18-15-12-9-6-3)58-67-61(64)55-52-49-46-43-40-37-23-20-17-14-11-8-5-2/h12,15,20-25,27-28,30-31,60H,4-11,13-14,16-19,26,29,32-59H2,1-3H3/b15-12-,23-20-,24-21-,25-22-,28-27-,31-30-. The molecule has 0 saturated heterocycles. The first-order chi connectivity index (χ1) is 34.0. The van der Waals surface area contributed by atoms with Gasteiger partial charge in [0.15, 0.2) is 6.10 Å². The Morgan fingerprint density at radius 3 is 0.899 bits per heavy atom. The number of carbonyl (C=O) groups excluding carboxylic acids is 3. The Bertz CT molecular complexity index is 1290. The van der Waals surface area contributed by atoms with Gasteiger partial charge in [-0.2, -0.15) is 0 Å². The van der Waals surface area contributed by atoms with Crippen LogP contribution in [0.15, 0.2) is 72.9 Å². The molecule has 0 bridgehead atoms. The molecule has 0 aromatic heterocycles. The zero-order valence-corrected chi connectivity index (χ0v) is 45.6. The van der Waals surface area contributed by atoms with E-state index in [0.717, 1.165) is 109 Å². The molecule has 6 heteroatoms. The normalized spacial score (nSPS) is 12.6. The Kier molecular flexibility index (Phi) is 54.8. The van der Waals surface area contributed by atoms with Crippen molar-refractivity contribution in [3.63, 3.8) is 0 Å². The van der Waals surface area contributed by atoms with Gasteiger partial charge in [-0.3, -0.25) is 14.4 Å². The average molecular weight is 964 g/mol. The van der Waals surface area contributed by atoms with Gasteiger partial charge in [0.2, 0.25) is 0 Å². The molecular weight excluding hydrogens is 853 g/mol. The monoisotopic (exact) mass is 963 g/mol. The fourth-order valence-corrected chi connectivity index (χ4v) is 8.19. The highest BCUT2D eigenvalue weighted by Gasteiger charge is 2.19. The molecule has 0 aliphatic carbocycles. The molecule has 1 atom stereocenters. The first-order valence-corrected chi connectivity index (χ1v) is 29.4. The van der Waals surface area contributed by atoms with Crippen molar-refractivity contribution in [1.82, 2.24) is 0 Å². The first kappa shape index (κ1) is 65.8. The summed E-state index contributed by atoms with van der Waals surface area (Å²) in [6.07, 6.45) is 73.3. The Morgan fingerprint density at radius 1 is 0.290 bits per heavy atom. The van der Waals surface area contributed by atoms with E-state index in [1.165, 1.54) is 141 Å². The Balaban J connectivity index is 4.29. The lowest BCUT2D eigenvalue weighted by Crippen LogP contribution is -2.30. The third-order valence-electron chi connectivity index (χ3n) is 12.6. The second kappa shape index (κ2) is 57.4. The molecule has 0 aromatic carbocycles. The summed E-state index contributed by atoms with van der Waals surface area (Å²) >= 11 is 0. The minimum Gasteiger partial charge on any atom is -0.462 e. The lowest BCUT2D eigenvalue weighted by molar-refractivity contribution is -0.167. The van der Waals surface area contributed by atoms with Crippen LogP contribution in [0, 0.1) is 0 Å². The molecule has 1 unspecified atom stereocenters. The summed E-state index contributed by atoms with van der Waals surface area (Å²) in [5, 5.41) is 0. The maximum Gasteiger partial charge on any atom is 0.306 e. The van der Waals surface area contributed by atoms with Crippen LogP contribution in [0.2, 0.25) is 0 Å². The molecule has 69 heavy (non-hydrogen) atoms. The molecule has 0 radical (unpaired) electrons. The number of esters is 3. The molecule has 398 valence electrons. The number of hydrogen-bond donors (Lipinski definition) is 0. The molecule has 0 rings (SSSR count). The number of carbonyl (C=O) groups is 3. The first-order valence-electron chi connectivity index (χ1n) is 29.4. The molecule has 0 aromatic rings. The van der Waals surface area contributed by atoms with Gasteiger partial charge in [-0.25, -0.2) is 0 Å². The van der Waals surface area contributed by atoms with Crippen molar-refractivity contribution in [1.29, 1.82) is 0 Å². The zero-order valence-electron chi connectivity index (χ0n) is 45.6. The van der Waals surface area contributed by atoms with Gasteiger partial charge >= 0.3 is 17.9 Å². The van der Waals surface area contributed by atoms with E-state index in [1.54, 1.807) is 0 Å². The summed E-state index contributed by atoms with van der Waals surface area (Å²) < 4.78 is 16.8. The van der Waals surface area contributed by atoms with Crippen molar-refractivity contribution in [3.8, 4) is 0 Å². The van der Waals surface area contributed by atoms with Gasteiger partial charge in [-0.05, 0) is 109 Å². The highest BCUT2D eigenvalue weighted by Crippen LogP contribution is 2.15. The molecule has 6 nitrogen and oxygen atoms in total. The van der Waals surface area contributed by atoms with Crippen LogP contribution in [0.25, 0.3) is 0 Å². The van der Waals surface area contributed by atoms with Crippen molar-refractivity contribution in [2.24, 2.45) is 0 Å². The van der Waals surface area contributed by atoms with Crippen molar-refractivity contribution >= 4 is 17.9 Å². The summed E-state index contributed by atoms with van der Waals surface area (Å²) in [5.41, 5.74) is 0. The summed E-state index contributed by atoms with van der Waals surface area (Å²) in [6.45, 7) is 6.54. The highest BCUT2D eigenvalue weighted by molar-refractivity contribution is 5.71. The summed E-state index contributed by atoms with van der Waals surface area (Å²) in [6, 6.07) is 0. The van der Waals surface area contributed by atoms with Crippen LogP contribution in [0.3, 0.4) is 0 Å². The SMILES string of the molecule is CCC/C=C\C/C=C\CCCCCCCC(=O)OC(COC(=O)CCCCCCC/C=C\CCCCCC)COC(=O)CCCCCCCCCCCC/C=C\C/C=C\C/C=C\CCCCCCC. The summed E-state index contributed by atoms with van der Waals surface area (Å²) in [7, 11) is 0. The lowest BCUT2D eigenvalue weighted by Gasteiger charge is -2.18. The van der Waals surface area contributed by atoms with Gasteiger partial charge < -0.3 is 14.2 Å². The zero-order chi connectivity index (χ0) is 50.0. The lowest BCUT2D eigenvalue weighted by atomic mass is 10.1. The van der Waals surface area contributed by atoms with E-state index in [1.807, 2.05) is 0 Å². The van der Waals surface area contributed by atoms with Gasteiger partial charge in [0, 0.05) is 19.3 Å². The Labute approximate surface area is 427 Å². The smallest absolute Gasteiger partial charge is 0.306 e. The minimum atomic E-state index is -0.787. The maximum atomic E-state index is 12.8. The molecule has 0 fully saturated rings. The highest BCUT2D eigenvalue weighted by atomic mass is 16.6. The fraction of sp³-hybridized carbons (Fsp3) is 0.762. The van der Waals surface area contributed by atoms with Crippen molar-refractivity contribution < 1.29 is 28.6 Å². The van der Waals surface area contributed by atoms with E-state index < -0.39 is 6.10 Å². The van der Waals surface area contributed by atoms with Crippen molar-refractivity contribution in [3.05, 3.63) is 72.9 Å². The molecule has 0 heterocycles. The summed E-state index contributed by atoms with van der Waals surface area (Å²) in [4.78, 5) is 38.1.